The predicted molar refractivity (Wildman–Crippen MR) is 170 cm³/mol. The summed E-state index contributed by atoms with van der Waals surface area (Å²) in [6.07, 6.45) is 20.7. The third-order valence-corrected chi connectivity index (χ3v) is 12.9. The molecule has 0 saturated heterocycles. The molecule has 0 radical (unpaired) electrons. The number of alkyl halides is 4. The Morgan fingerprint density at radius 3 is 1.33 bits per heavy atom. The molecule has 4 saturated carbocycles. The first-order valence-corrected chi connectivity index (χ1v) is 19.0. The van der Waals surface area contributed by atoms with Crippen molar-refractivity contribution in [2.24, 2.45) is 47.3 Å². The van der Waals surface area contributed by atoms with Gasteiger partial charge in [-0.1, -0.05) is 104 Å². The summed E-state index contributed by atoms with van der Waals surface area (Å²) in [4.78, 5) is 0. The Kier molecular flexibility index (Phi) is 14.8. The fourth-order valence-corrected chi connectivity index (χ4v) is 9.99. The summed E-state index contributed by atoms with van der Waals surface area (Å²) in [7, 11) is 0. The average Bonchev–Trinajstić information content (AvgIpc) is 3.01. The van der Waals surface area contributed by atoms with E-state index in [1.165, 1.54) is 57.8 Å². The van der Waals surface area contributed by atoms with E-state index in [1.807, 2.05) is 0 Å². The van der Waals surface area contributed by atoms with Gasteiger partial charge in [-0.05, 0) is 112 Å². The highest BCUT2D eigenvalue weighted by Crippen LogP contribution is 2.49. The van der Waals surface area contributed by atoms with E-state index in [4.69, 9.17) is 0 Å². The van der Waals surface area contributed by atoms with Crippen molar-refractivity contribution in [1.82, 2.24) is 0 Å². The van der Waals surface area contributed by atoms with Gasteiger partial charge in [0.15, 0.2) is 0 Å². The van der Waals surface area contributed by atoms with E-state index in [9.17, 15) is 4.39 Å². The Balaban J connectivity index is 1.12. The van der Waals surface area contributed by atoms with Crippen LogP contribution in [0.25, 0.3) is 0 Å². The van der Waals surface area contributed by atoms with Gasteiger partial charge in [0.25, 0.3) is 0 Å². The molecule has 4 heteroatoms. The van der Waals surface area contributed by atoms with Gasteiger partial charge in [0.2, 0.25) is 0 Å². The predicted octanol–water partition coefficient (Wildman–Crippen LogP) is 12.7. The normalized spacial score (nSPS) is 41.6. The molecule has 0 N–H and O–H groups in total. The van der Waals surface area contributed by atoms with E-state index in [2.05, 4.69) is 13.8 Å². The van der Waals surface area contributed by atoms with Crippen molar-refractivity contribution >= 4 is 0 Å². The fourth-order valence-electron chi connectivity index (χ4n) is 9.99. The van der Waals surface area contributed by atoms with Gasteiger partial charge in [0, 0.05) is 0 Å². The molecule has 4 aliphatic rings. The van der Waals surface area contributed by atoms with Gasteiger partial charge >= 0.3 is 0 Å². The van der Waals surface area contributed by atoms with Gasteiger partial charge < -0.3 is 0 Å². The first kappa shape index (κ1) is 34.6. The largest absolute Gasteiger partial charge is 0.244 e. The third-order valence-electron chi connectivity index (χ3n) is 12.9. The summed E-state index contributed by atoms with van der Waals surface area (Å²) in [5, 5.41) is 0. The van der Waals surface area contributed by atoms with Crippen LogP contribution in [0.1, 0.15) is 168 Å². The van der Waals surface area contributed by atoms with Crippen molar-refractivity contribution in [3.63, 3.8) is 0 Å². The second kappa shape index (κ2) is 18.0. The summed E-state index contributed by atoms with van der Waals surface area (Å²) in [5.74, 6) is 1.68. The lowest BCUT2D eigenvalue weighted by Gasteiger charge is -2.45. The highest BCUT2D eigenvalue weighted by Gasteiger charge is 2.47. The van der Waals surface area contributed by atoms with Crippen LogP contribution >= 0.6 is 0 Å². The van der Waals surface area contributed by atoms with Gasteiger partial charge in [0.05, 0.1) is 0 Å². The summed E-state index contributed by atoms with van der Waals surface area (Å²) in [5.41, 5.74) is 0. The van der Waals surface area contributed by atoms with Crippen molar-refractivity contribution < 1.29 is 17.6 Å². The van der Waals surface area contributed by atoms with Gasteiger partial charge in [-0.15, -0.1) is 0 Å². The molecule has 0 amide bonds. The van der Waals surface area contributed by atoms with Crippen LogP contribution in [-0.2, 0) is 0 Å². The molecule has 0 bridgehead atoms. The van der Waals surface area contributed by atoms with E-state index in [-0.39, 0.29) is 23.7 Å². The molecule has 42 heavy (non-hydrogen) atoms. The number of rotatable bonds is 15. The van der Waals surface area contributed by atoms with Crippen molar-refractivity contribution in [2.75, 3.05) is 0 Å². The lowest BCUT2D eigenvalue weighted by Crippen LogP contribution is -2.45. The monoisotopic (exact) mass is 599 g/mol. The summed E-state index contributed by atoms with van der Waals surface area (Å²) < 4.78 is 61.1. The zero-order chi connectivity index (χ0) is 29.9. The molecule has 0 aliphatic heterocycles. The Morgan fingerprint density at radius 1 is 0.381 bits per heavy atom. The minimum Gasteiger partial charge on any atom is -0.244 e. The van der Waals surface area contributed by atoms with Crippen LogP contribution in [0.15, 0.2) is 0 Å². The summed E-state index contributed by atoms with van der Waals surface area (Å²) >= 11 is 0. The molecule has 8 unspecified atom stereocenters. The van der Waals surface area contributed by atoms with Gasteiger partial charge in [-0.3, -0.25) is 0 Å². The number of halogens is 4. The third kappa shape index (κ3) is 9.61. The summed E-state index contributed by atoms with van der Waals surface area (Å²) in [6.45, 7) is 4.45. The molecular weight excluding hydrogens is 532 g/mol. The number of unbranched alkanes of at least 4 members (excludes halogenated alkanes) is 6. The highest BCUT2D eigenvalue weighted by molar-refractivity contribution is 4.96. The van der Waals surface area contributed by atoms with Crippen LogP contribution < -0.4 is 0 Å². The molecule has 0 nitrogen and oxygen atoms in total. The zero-order valence-corrected chi connectivity index (χ0v) is 27.4. The van der Waals surface area contributed by atoms with Gasteiger partial charge in [-0.25, -0.2) is 17.6 Å². The molecule has 0 heterocycles. The second-order valence-corrected chi connectivity index (χ2v) is 15.6. The van der Waals surface area contributed by atoms with E-state index in [1.54, 1.807) is 0 Å². The maximum Gasteiger partial charge on any atom is 0.134 e. The number of hydrogen-bond acceptors (Lipinski definition) is 0. The lowest BCUT2D eigenvalue weighted by atomic mass is 9.63. The standard InChI is InChI=1S/C38H66F4/c1-3-5-7-8-10-12-31-23-24-32(36(40)35(31)39)22-17-28-15-20-30(21-16-28)34-26-25-33(37(41)38(34)42)29-18-13-27(14-19-29)11-9-6-4-2/h27-38H,3-26H2,1-2H3. The lowest BCUT2D eigenvalue weighted by molar-refractivity contribution is -0.0375. The first-order chi connectivity index (χ1) is 20.4. The molecule has 0 spiro atoms. The highest BCUT2D eigenvalue weighted by atomic mass is 19.2. The molecular formula is C38H66F4. The molecule has 4 fully saturated rings. The Hall–Kier alpha value is -0.280. The van der Waals surface area contributed by atoms with Crippen LogP contribution in [-0.4, -0.2) is 24.7 Å². The minimum absolute atomic E-state index is 0.0618. The average molecular weight is 599 g/mol. The zero-order valence-electron chi connectivity index (χ0n) is 27.4. The Morgan fingerprint density at radius 2 is 0.810 bits per heavy atom. The molecule has 8 atom stereocenters. The minimum atomic E-state index is -1.30. The quantitative estimate of drug-likeness (QED) is 0.130. The van der Waals surface area contributed by atoms with E-state index >= 15 is 13.2 Å². The molecule has 4 rings (SSSR count). The Labute approximate surface area is 257 Å². The van der Waals surface area contributed by atoms with Crippen LogP contribution in [0.2, 0.25) is 0 Å². The fraction of sp³-hybridized carbons (Fsp3) is 1.00. The first-order valence-electron chi connectivity index (χ1n) is 19.0. The van der Waals surface area contributed by atoms with Crippen LogP contribution in [0.4, 0.5) is 17.6 Å². The van der Waals surface area contributed by atoms with E-state index in [0.717, 1.165) is 102 Å². The molecule has 0 aromatic heterocycles. The van der Waals surface area contributed by atoms with Crippen molar-refractivity contribution in [3.8, 4) is 0 Å². The van der Waals surface area contributed by atoms with Crippen LogP contribution in [0, 0.1) is 47.3 Å². The van der Waals surface area contributed by atoms with E-state index in [0.29, 0.717) is 17.8 Å². The SMILES string of the molecule is CCCCCCCC1CCC(CCC2CCC(C3CCC(C4CCC(CCCCC)CC4)C(F)C3F)CC2)C(F)C1F. The maximum atomic E-state index is 15.6. The maximum absolute atomic E-state index is 15.6. The van der Waals surface area contributed by atoms with Gasteiger partial charge in [-0.2, -0.15) is 0 Å². The molecule has 0 aromatic rings. The van der Waals surface area contributed by atoms with Crippen LogP contribution in [0.3, 0.4) is 0 Å². The van der Waals surface area contributed by atoms with Gasteiger partial charge in [0.1, 0.15) is 24.7 Å². The van der Waals surface area contributed by atoms with E-state index < -0.39 is 24.7 Å². The molecule has 246 valence electrons. The second-order valence-electron chi connectivity index (χ2n) is 15.6. The number of hydrogen-bond donors (Lipinski definition) is 0. The topological polar surface area (TPSA) is 0 Å². The molecule has 0 aromatic carbocycles. The van der Waals surface area contributed by atoms with Crippen molar-refractivity contribution in [1.29, 1.82) is 0 Å². The summed E-state index contributed by atoms with van der Waals surface area (Å²) in [6, 6.07) is 0. The molecule has 4 aliphatic carbocycles. The van der Waals surface area contributed by atoms with Crippen molar-refractivity contribution in [2.45, 2.75) is 193 Å². The van der Waals surface area contributed by atoms with Crippen LogP contribution in [0.5, 0.6) is 0 Å². The Bertz CT molecular complexity index is 712. The smallest absolute Gasteiger partial charge is 0.134 e. The van der Waals surface area contributed by atoms with Crippen molar-refractivity contribution in [3.05, 3.63) is 0 Å².